The molecule has 0 saturated carbocycles. The summed E-state index contributed by atoms with van der Waals surface area (Å²) in [5.74, 6) is 1.62. The molecule has 0 saturated heterocycles. The van der Waals surface area contributed by atoms with Crippen molar-refractivity contribution in [3.05, 3.63) is 112 Å². The first kappa shape index (κ1) is 32.8. The summed E-state index contributed by atoms with van der Waals surface area (Å²) in [6, 6.07) is 23.8. The Kier molecular flexibility index (Phi) is 10.1. The van der Waals surface area contributed by atoms with Gasteiger partial charge in [0, 0.05) is 70.9 Å². The van der Waals surface area contributed by atoms with Gasteiger partial charge in [0.1, 0.15) is 17.0 Å². The van der Waals surface area contributed by atoms with Gasteiger partial charge >= 0.3 is 0 Å². The fourth-order valence-corrected chi connectivity index (χ4v) is 6.22. The van der Waals surface area contributed by atoms with Crippen molar-refractivity contribution < 1.29 is 9.53 Å². The first-order valence-electron chi connectivity index (χ1n) is 15.9. The summed E-state index contributed by atoms with van der Waals surface area (Å²) in [6.07, 6.45) is 4.44. The van der Waals surface area contributed by atoms with Crippen molar-refractivity contribution in [2.24, 2.45) is 10.1 Å². The van der Waals surface area contributed by atoms with Crippen LogP contribution >= 0.6 is 11.6 Å². The maximum absolute atomic E-state index is 14.2. The van der Waals surface area contributed by atoms with Gasteiger partial charge in [-0.25, -0.2) is 5.01 Å². The molecule has 0 unspecified atom stereocenters. The van der Waals surface area contributed by atoms with Gasteiger partial charge in [-0.3, -0.25) is 9.79 Å². The van der Waals surface area contributed by atoms with Crippen LogP contribution in [0.4, 0.5) is 17.1 Å². The number of aryl methyl sites for hydroxylation is 2. The lowest BCUT2D eigenvalue weighted by Gasteiger charge is -2.42. The Hall–Kier alpha value is -4.62. The molecule has 46 heavy (non-hydrogen) atoms. The molecule has 4 aromatic carbocycles. The SMILES string of the molecule is CCC.CCNc1cc2c(cc1C)C1(c3cc(C)c(NCC)cc3O2)c2ccccc2C(=O)N1/N=C/C=Nc1ccc(CCl)cc1. The molecular weight excluding hydrogens is 594 g/mol. The van der Waals surface area contributed by atoms with Gasteiger partial charge in [0.05, 0.1) is 11.9 Å². The average Bonchev–Trinajstić information content (AvgIpc) is 3.30. The third-order valence-corrected chi connectivity index (χ3v) is 8.32. The molecule has 0 fully saturated rings. The number of nitrogens with zero attached hydrogens (tertiary/aromatic N) is 3. The second-order valence-electron chi connectivity index (χ2n) is 11.4. The zero-order valence-electron chi connectivity index (χ0n) is 27.4. The average molecular weight is 636 g/mol. The van der Waals surface area contributed by atoms with Crippen molar-refractivity contribution in [3.8, 4) is 11.5 Å². The fraction of sp³-hybridized carbons (Fsp3) is 0.289. The number of fused-ring (bicyclic) bond motifs is 6. The van der Waals surface area contributed by atoms with E-state index >= 15 is 0 Å². The van der Waals surface area contributed by atoms with Crippen LogP contribution in [0.2, 0.25) is 0 Å². The van der Waals surface area contributed by atoms with E-state index in [1.807, 2.05) is 60.7 Å². The van der Waals surface area contributed by atoms with E-state index in [1.54, 1.807) is 17.4 Å². The molecule has 7 nitrogen and oxygen atoms in total. The molecular formula is C38H42ClN5O2. The van der Waals surface area contributed by atoms with Gasteiger partial charge in [-0.05, 0) is 74.7 Å². The Morgan fingerprint density at radius 2 is 1.37 bits per heavy atom. The van der Waals surface area contributed by atoms with E-state index in [2.05, 4.69) is 69.3 Å². The number of halogens is 1. The van der Waals surface area contributed by atoms with Crippen LogP contribution < -0.4 is 15.4 Å². The number of nitrogens with one attached hydrogen (secondary N) is 2. The number of anilines is 2. The van der Waals surface area contributed by atoms with Gasteiger partial charge in [0.15, 0.2) is 0 Å². The summed E-state index contributed by atoms with van der Waals surface area (Å²) in [7, 11) is 0. The summed E-state index contributed by atoms with van der Waals surface area (Å²) in [4.78, 5) is 18.8. The van der Waals surface area contributed by atoms with Crippen LogP contribution in [0.15, 0.2) is 82.9 Å². The van der Waals surface area contributed by atoms with Gasteiger partial charge in [-0.1, -0.05) is 50.6 Å². The molecule has 4 aromatic rings. The predicted molar refractivity (Wildman–Crippen MR) is 192 cm³/mol. The van der Waals surface area contributed by atoms with Crippen LogP contribution in [-0.4, -0.2) is 36.4 Å². The van der Waals surface area contributed by atoms with E-state index in [4.69, 9.17) is 21.4 Å². The smallest absolute Gasteiger partial charge is 0.275 e. The molecule has 2 heterocycles. The lowest BCUT2D eigenvalue weighted by Crippen LogP contribution is -2.44. The molecule has 0 bridgehead atoms. The quantitative estimate of drug-likeness (QED) is 0.149. The highest BCUT2D eigenvalue weighted by atomic mass is 35.5. The van der Waals surface area contributed by atoms with Gasteiger partial charge in [-0.2, -0.15) is 5.10 Å². The number of hydrogen-bond donors (Lipinski definition) is 2. The van der Waals surface area contributed by atoms with Gasteiger partial charge in [-0.15, -0.1) is 11.6 Å². The largest absolute Gasteiger partial charge is 0.456 e. The van der Waals surface area contributed by atoms with Crippen LogP contribution in [-0.2, 0) is 11.4 Å². The number of ether oxygens (including phenoxy) is 1. The van der Waals surface area contributed by atoms with Crippen LogP contribution in [0.1, 0.15) is 77.9 Å². The molecule has 2 N–H and O–H groups in total. The van der Waals surface area contributed by atoms with Gasteiger partial charge < -0.3 is 15.4 Å². The molecule has 1 spiro atoms. The number of amides is 1. The van der Waals surface area contributed by atoms with Crippen molar-refractivity contribution in [1.29, 1.82) is 0 Å². The molecule has 6 rings (SSSR count). The second-order valence-corrected chi connectivity index (χ2v) is 11.7. The fourth-order valence-electron chi connectivity index (χ4n) is 6.05. The number of carbonyl (C=O) groups is 1. The normalized spacial score (nSPS) is 14.1. The number of hydrazone groups is 1. The molecule has 0 aromatic heterocycles. The third-order valence-electron chi connectivity index (χ3n) is 8.01. The molecule has 0 aliphatic carbocycles. The molecule has 8 heteroatoms. The van der Waals surface area contributed by atoms with Gasteiger partial charge in [0.2, 0.25) is 0 Å². The molecule has 238 valence electrons. The van der Waals surface area contributed by atoms with Crippen molar-refractivity contribution >= 4 is 47.0 Å². The van der Waals surface area contributed by atoms with Crippen molar-refractivity contribution in [3.63, 3.8) is 0 Å². The topological polar surface area (TPSA) is 78.3 Å². The van der Waals surface area contributed by atoms with E-state index in [-0.39, 0.29) is 5.91 Å². The number of hydrogen-bond acceptors (Lipinski definition) is 6. The number of alkyl halides is 1. The number of benzene rings is 4. The van der Waals surface area contributed by atoms with Crippen molar-refractivity contribution in [2.75, 3.05) is 23.7 Å². The zero-order valence-corrected chi connectivity index (χ0v) is 28.2. The second kappa shape index (κ2) is 14.2. The lowest BCUT2D eigenvalue weighted by atomic mass is 9.74. The van der Waals surface area contributed by atoms with Crippen molar-refractivity contribution in [2.45, 2.75) is 59.4 Å². The summed E-state index contributed by atoms with van der Waals surface area (Å²) in [5, 5.41) is 13.3. The summed E-state index contributed by atoms with van der Waals surface area (Å²) in [5.41, 5.74) is 8.01. The lowest BCUT2D eigenvalue weighted by molar-refractivity contribution is 0.0675. The number of aliphatic imine (C=N–C) groups is 1. The Labute approximate surface area is 277 Å². The van der Waals surface area contributed by atoms with Crippen LogP contribution in [0, 0.1) is 13.8 Å². The molecule has 1 amide bonds. The third kappa shape index (κ3) is 5.87. The monoisotopic (exact) mass is 635 g/mol. The van der Waals surface area contributed by atoms with Crippen LogP contribution in [0.5, 0.6) is 11.5 Å². The van der Waals surface area contributed by atoms with Crippen LogP contribution in [0.3, 0.4) is 0 Å². The Bertz CT molecular complexity index is 1720. The highest BCUT2D eigenvalue weighted by Gasteiger charge is 2.57. The van der Waals surface area contributed by atoms with E-state index in [0.29, 0.717) is 22.9 Å². The highest BCUT2D eigenvalue weighted by molar-refractivity contribution is 6.17. The Balaban J connectivity index is 0.00000134. The Morgan fingerprint density at radius 1 is 0.804 bits per heavy atom. The minimum atomic E-state index is -1.05. The van der Waals surface area contributed by atoms with E-state index in [0.717, 1.165) is 63.5 Å². The number of rotatable bonds is 8. The Morgan fingerprint density at radius 3 is 1.91 bits per heavy atom. The van der Waals surface area contributed by atoms with Crippen LogP contribution in [0.25, 0.3) is 0 Å². The maximum Gasteiger partial charge on any atom is 0.275 e. The zero-order chi connectivity index (χ0) is 32.8. The molecule has 0 atom stereocenters. The first-order valence-corrected chi connectivity index (χ1v) is 16.5. The summed E-state index contributed by atoms with van der Waals surface area (Å²) >= 11 is 5.93. The van der Waals surface area contributed by atoms with E-state index < -0.39 is 5.54 Å². The minimum absolute atomic E-state index is 0.188. The molecule has 2 aliphatic heterocycles. The van der Waals surface area contributed by atoms with E-state index in [1.165, 1.54) is 6.42 Å². The molecule has 0 radical (unpaired) electrons. The van der Waals surface area contributed by atoms with Crippen molar-refractivity contribution in [1.82, 2.24) is 5.01 Å². The van der Waals surface area contributed by atoms with E-state index in [9.17, 15) is 4.79 Å². The predicted octanol–water partition coefficient (Wildman–Crippen LogP) is 9.56. The van der Waals surface area contributed by atoms with Gasteiger partial charge in [0.25, 0.3) is 5.91 Å². The maximum atomic E-state index is 14.2. The standard InChI is InChI=1S/C35H34ClN5O2.C3H8/c1-5-37-30-19-32-28(17-22(30)3)35(29-18-23(4)31(38-6-2)20-33(29)43-32)27-10-8-7-9-26(27)34(42)41(35)40-16-15-39-25-13-11-24(21-36)12-14-25;1-3-2/h7-20,37-38H,5-6,21H2,1-4H3;3H2,1-2H3/b39-15?,40-16+;. The molecule has 2 aliphatic rings. The first-order chi connectivity index (χ1) is 22.3. The summed E-state index contributed by atoms with van der Waals surface area (Å²) < 4.78 is 6.64. The summed E-state index contributed by atoms with van der Waals surface area (Å²) in [6.45, 7) is 14.1. The minimum Gasteiger partial charge on any atom is -0.456 e. The number of carbonyl (C=O) groups excluding carboxylic acids is 1. The highest BCUT2D eigenvalue weighted by Crippen LogP contribution is 2.58.